The zero-order valence-corrected chi connectivity index (χ0v) is 17.9. The summed E-state index contributed by atoms with van der Waals surface area (Å²) in [4.78, 5) is 38.2. The van der Waals surface area contributed by atoms with E-state index in [1.54, 1.807) is 42.4 Å². The summed E-state index contributed by atoms with van der Waals surface area (Å²) in [6, 6.07) is 18.3. The van der Waals surface area contributed by atoms with Crippen molar-refractivity contribution in [2.45, 2.75) is 19.4 Å². The first-order chi connectivity index (χ1) is 15.5. The molecule has 0 fully saturated rings. The zero-order valence-electron chi connectivity index (χ0n) is 17.9. The first-order valence-electron chi connectivity index (χ1n) is 10.3. The van der Waals surface area contributed by atoms with Crippen molar-refractivity contribution in [1.82, 2.24) is 14.7 Å². The topological polar surface area (TPSA) is 93.5 Å². The lowest BCUT2D eigenvalue weighted by atomic mass is 10.1. The third-order valence-corrected chi connectivity index (χ3v) is 4.75. The fraction of sp³-hybridized carbons (Fsp3) is 0.250. The van der Waals surface area contributed by atoms with Crippen LogP contribution < -0.4 is 10.1 Å². The van der Waals surface area contributed by atoms with Crippen molar-refractivity contribution in [3.8, 4) is 5.75 Å². The van der Waals surface area contributed by atoms with E-state index in [4.69, 9.17) is 4.74 Å². The fourth-order valence-electron chi connectivity index (χ4n) is 2.93. The number of rotatable bonds is 11. The van der Waals surface area contributed by atoms with Crippen molar-refractivity contribution in [2.75, 3.05) is 25.5 Å². The number of ketones is 1. The van der Waals surface area contributed by atoms with Gasteiger partial charge in [-0.2, -0.15) is 5.10 Å². The summed E-state index contributed by atoms with van der Waals surface area (Å²) in [7, 11) is 1.70. The summed E-state index contributed by atoms with van der Waals surface area (Å²) >= 11 is 0. The smallest absolute Gasteiger partial charge is 0.244 e. The normalized spacial score (nSPS) is 10.4. The molecule has 1 aromatic heterocycles. The predicted molar refractivity (Wildman–Crippen MR) is 120 cm³/mol. The zero-order chi connectivity index (χ0) is 22.8. The maximum absolute atomic E-state index is 12.4. The van der Waals surface area contributed by atoms with Crippen LogP contribution in [0.3, 0.4) is 0 Å². The highest BCUT2D eigenvalue weighted by Crippen LogP contribution is 2.10. The Morgan fingerprint density at radius 1 is 1.00 bits per heavy atom. The van der Waals surface area contributed by atoms with Crippen molar-refractivity contribution in [1.29, 1.82) is 0 Å². The molecular formula is C24H26N4O4. The molecule has 0 unspecified atom stereocenters. The molecule has 2 aromatic carbocycles. The number of carbonyl (C=O) groups is 3. The molecule has 1 N–H and O–H groups in total. The number of hydrogen-bond acceptors (Lipinski definition) is 5. The van der Waals surface area contributed by atoms with Gasteiger partial charge in [-0.15, -0.1) is 0 Å². The lowest BCUT2D eigenvalue weighted by molar-refractivity contribution is -0.131. The summed E-state index contributed by atoms with van der Waals surface area (Å²) in [5.41, 5.74) is 1.06. The minimum Gasteiger partial charge on any atom is -0.492 e. The van der Waals surface area contributed by atoms with E-state index < -0.39 is 0 Å². The molecule has 3 aromatic rings. The second-order valence-corrected chi connectivity index (χ2v) is 7.24. The van der Waals surface area contributed by atoms with Gasteiger partial charge in [0.05, 0.1) is 18.4 Å². The quantitative estimate of drug-likeness (QED) is 0.468. The number of likely N-dealkylation sites (N-methyl/N-ethyl adjacent to an activating group) is 1. The van der Waals surface area contributed by atoms with E-state index in [1.807, 2.05) is 36.4 Å². The molecule has 0 saturated heterocycles. The van der Waals surface area contributed by atoms with E-state index in [1.165, 1.54) is 10.9 Å². The van der Waals surface area contributed by atoms with E-state index in [0.717, 1.165) is 5.75 Å². The third-order valence-electron chi connectivity index (χ3n) is 4.75. The molecule has 0 spiro atoms. The molecule has 0 aliphatic heterocycles. The van der Waals surface area contributed by atoms with Crippen molar-refractivity contribution in [2.24, 2.45) is 0 Å². The van der Waals surface area contributed by atoms with Crippen LogP contribution in [0.2, 0.25) is 0 Å². The number of amides is 2. The molecule has 3 rings (SSSR count). The third kappa shape index (κ3) is 7.09. The number of nitrogens with zero attached hydrogens (tertiary/aromatic N) is 3. The van der Waals surface area contributed by atoms with Gasteiger partial charge in [0.1, 0.15) is 18.9 Å². The van der Waals surface area contributed by atoms with Crippen molar-refractivity contribution >= 4 is 23.3 Å². The van der Waals surface area contributed by atoms with E-state index in [9.17, 15) is 14.4 Å². The van der Waals surface area contributed by atoms with Crippen LogP contribution >= 0.6 is 0 Å². The van der Waals surface area contributed by atoms with Crippen LogP contribution in [-0.2, 0) is 16.1 Å². The van der Waals surface area contributed by atoms with E-state index in [0.29, 0.717) is 24.4 Å². The molecule has 2 amide bonds. The van der Waals surface area contributed by atoms with Gasteiger partial charge >= 0.3 is 0 Å². The molecule has 8 nitrogen and oxygen atoms in total. The number of aromatic nitrogens is 2. The monoisotopic (exact) mass is 434 g/mol. The molecule has 8 heteroatoms. The van der Waals surface area contributed by atoms with Crippen LogP contribution in [0.5, 0.6) is 5.75 Å². The molecule has 0 atom stereocenters. The molecule has 0 radical (unpaired) electrons. The number of para-hydroxylation sites is 1. The van der Waals surface area contributed by atoms with Crippen LogP contribution in [0.4, 0.5) is 5.69 Å². The Morgan fingerprint density at radius 2 is 1.69 bits per heavy atom. The number of hydrogen-bond donors (Lipinski definition) is 1. The average Bonchev–Trinajstić information content (AvgIpc) is 3.25. The van der Waals surface area contributed by atoms with Gasteiger partial charge in [-0.25, -0.2) is 0 Å². The van der Waals surface area contributed by atoms with Crippen molar-refractivity contribution in [3.63, 3.8) is 0 Å². The Bertz CT molecular complexity index is 1030. The van der Waals surface area contributed by atoms with E-state index in [-0.39, 0.29) is 37.0 Å². The van der Waals surface area contributed by atoms with Crippen LogP contribution in [-0.4, -0.2) is 52.5 Å². The number of Topliss-reactive ketones (excluding diaryl/α,β-unsaturated/α-hetero) is 1. The standard InChI is InChI=1S/C24H26N4O4/c1-27(14-15-32-21-10-6-3-7-11-21)24(31)18-28-17-20(16-25-28)26-23(30)13-12-22(29)19-8-4-2-5-9-19/h2-11,16-17H,12-15,18H2,1H3,(H,26,30). The van der Waals surface area contributed by atoms with Gasteiger partial charge in [0, 0.05) is 31.6 Å². The number of carbonyl (C=O) groups excluding carboxylic acids is 3. The average molecular weight is 434 g/mol. The molecule has 32 heavy (non-hydrogen) atoms. The van der Waals surface area contributed by atoms with Gasteiger partial charge < -0.3 is 15.0 Å². The van der Waals surface area contributed by atoms with Crippen molar-refractivity contribution < 1.29 is 19.1 Å². The number of benzene rings is 2. The minimum absolute atomic E-state index is 0.0458. The highest BCUT2D eigenvalue weighted by molar-refractivity contribution is 5.99. The molecule has 0 aliphatic rings. The van der Waals surface area contributed by atoms with Crippen LogP contribution in [0, 0.1) is 0 Å². The Kier molecular flexibility index (Phi) is 8.14. The van der Waals surface area contributed by atoms with Crippen LogP contribution in [0.25, 0.3) is 0 Å². The summed E-state index contributed by atoms with van der Waals surface area (Å²) in [5.74, 6) is 0.263. The Labute approximate surface area is 186 Å². The van der Waals surface area contributed by atoms with Gasteiger partial charge in [-0.3, -0.25) is 19.1 Å². The predicted octanol–water partition coefficient (Wildman–Crippen LogP) is 3.02. The number of anilines is 1. The summed E-state index contributed by atoms with van der Waals surface area (Å²) in [5, 5.41) is 6.82. The van der Waals surface area contributed by atoms with Crippen molar-refractivity contribution in [3.05, 3.63) is 78.6 Å². The van der Waals surface area contributed by atoms with Gasteiger partial charge in [-0.1, -0.05) is 48.5 Å². The van der Waals surface area contributed by atoms with Gasteiger partial charge in [0.2, 0.25) is 11.8 Å². The SMILES string of the molecule is CN(CCOc1ccccc1)C(=O)Cn1cc(NC(=O)CCC(=O)c2ccccc2)cn1. The molecule has 0 aliphatic carbocycles. The van der Waals surface area contributed by atoms with Gasteiger partial charge in [-0.05, 0) is 12.1 Å². The number of ether oxygens (including phenoxy) is 1. The highest BCUT2D eigenvalue weighted by Gasteiger charge is 2.13. The second-order valence-electron chi connectivity index (χ2n) is 7.24. The first kappa shape index (κ1) is 22.7. The second kappa shape index (κ2) is 11.5. The summed E-state index contributed by atoms with van der Waals surface area (Å²) < 4.78 is 7.07. The van der Waals surface area contributed by atoms with Gasteiger partial charge in [0.15, 0.2) is 5.78 Å². The van der Waals surface area contributed by atoms with Crippen LogP contribution in [0.15, 0.2) is 73.1 Å². The molecule has 166 valence electrons. The number of nitrogens with one attached hydrogen (secondary N) is 1. The fourth-order valence-corrected chi connectivity index (χ4v) is 2.93. The van der Waals surface area contributed by atoms with Crippen LogP contribution in [0.1, 0.15) is 23.2 Å². The maximum atomic E-state index is 12.4. The van der Waals surface area contributed by atoms with E-state index >= 15 is 0 Å². The van der Waals surface area contributed by atoms with Gasteiger partial charge in [0.25, 0.3) is 0 Å². The Hall–Kier alpha value is -3.94. The maximum Gasteiger partial charge on any atom is 0.244 e. The molecule has 0 saturated carbocycles. The molecule has 1 heterocycles. The first-order valence-corrected chi connectivity index (χ1v) is 10.3. The Morgan fingerprint density at radius 3 is 2.41 bits per heavy atom. The lowest BCUT2D eigenvalue weighted by Crippen LogP contribution is -2.33. The minimum atomic E-state index is -0.282. The largest absolute Gasteiger partial charge is 0.492 e. The summed E-state index contributed by atoms with van der Waals surface area (Å²) in [6.45, 7) is 0.868. The lowest BCUT2D eigenvalue weighted by Gasteiger charge is -2.17. The molecular weight excluding hydrogens is 408 g/mol. The summed E-state index contributed by atoms with van der Waals surface area (Å²) in [6.07, 6.45) is 3.26. The highest BCUT2D eigenvalue weighted by atomic mass is 16.5. The van der Waals surface area contributed by atoms with E-state index in [2.05, 4.69) is 10.4 Å². The molecule has 0 bridgehead atoms. The Balaban J connectivity index is 1.39.